The van der Waals surface area contributed by atoms with E-state index in [1.165, 1.54) is 5.56 Å². The minimum absolute atomic E-state index is 0.0871. The molecule has 0 radical (unpaired) electrons. The van der Waals surface area contributed by atoms with E-state index in [1.54, 1.807) is 7.11 Å². The van der Waals surface area contributed by atoms with E-state index in [0.29, 0.717) is 18.9 Å². The highest BCUT2D eigenvalue weighted by Crippen LogP contribution is 2.47. The number of aromatic amines is 1. The summed E-state index contributed by atoms with van der Waals surface area (Å²) in [6, 6.07) is 15.9. The van der Waals surface area contributed by atoms with Crippen LogP contribution in [0.25, 0.3) is 11.0 Å². The van der Waals surface area contributed by atoms with Gasteiger partial charge in [-0.1, -0.05) is 24.3 Å². The molecule has 1 heterocycles. The smallest absolute Gasteiger partial charge is 0.223 e. The molecule has 1 fully saturated rings. The van der Waals surface area contributed by atoms with Crippen LogP contribution < -0.4 is 10.1 Å². The van der Waals surface area contributed by atoms with Gasteiger partial charge in [0.1, 0.15) is 11.6 Å². The summed E-state index contributed by atoms with van der Waals surface area (Å²) in [5, 5.41) is 3.04. The lowest BCUT2D eigenvalue weighted by atomic mass is 10.1. The molecule has 3 aromatic rings. The predicted octanol–water partition coefficient (Wildman–Crippen LogP) is 3.03. The van der Waals surface area contributed by atoms with Crippen molar-refractivity contribution in [2.75, 3.05) is 13.7 Å². The van der Waals surface area contributed by atoms with E-state index in [2.05, 4.69) is 15.3 Å². The molecule has 0 saturated heterocycles. The van der Waals surface area contributed by atoms with Gasteiger partial charge in [-0.05, 0) is 42.2 Å². The molecule has 25 heavy (non-hydrogen) atoms. The number of amides is 1. The summed E-state index contributed by atoms with van der Waals surface area (Å²) in [4.78, 5) is 20.1. The fraction of sp³-hybridized carbons (Fsp3) is 0.300. The number of imidazole rings is 1. The van der Waals surface area contributed by atoms with Crippen molar-refractivity contribution in [3.63, 3.8) is 0 Å². The molecule has 0 spiro atoms. The van der Waals surface area contributed by atoms with Gasteiger partial charge in [0.2, 0.25) is 5.91 Å². The number of hydrogen-bond donors (Lipinski definition) is 2. The summed E-state index contributed by atoms with van der Waals surface area (Å²) in [6.07, 6.45) is 1.63. The minimum Gasteiger partial charge on any atom is -0.497 e. The van der Waals surface area contributed by atoms with E-state index in [-0.39, 0.29) is 11.8 Å². The van der Waals surface area contributed by atoms with E-state index in [4.69, 9.17) is 4.74 Å². The SMILES string of the molecule is COc1ccc(C2CC2C(=O)NCCc2nc3ccccc3[nH]2)cc1. The Morgan fingerprint density at radius 2 is 2.04 bits per heavy atom. The highest BCUT2D eigenvalue weighted by Gasteiger charge is 2.43. The Morgan fingerprint density at radius 1 is 1.24 bits per heavy atom. The van der Waals surface area contributed by atoms with E-state index >= 15 is 0 Å². The third kappa shape index (κ3) is 3.36. The van der Waals surface area contributed by atoms with Crippen LogP contribution >= 0.6 is 0 Å². The van der Waals surface area contributed by atoms with Crippen molar-refractivity contribution in [1.29, 1.82) is 0 Å². The molecule has 0 bridgehead atoms. The maximum Gasteiger partial charge on any atom is 0.223 e. The second kappa shape index (κ2) is 6.59. The number of ether oxygens (including phenoxy) is 1. The zero-order chi connectivity index (χ0) is 17.2. The highest BCUT2D eigenvalue weighted by molar-refractivity contribution is 5.83. The van der Waals surface area contributed by atoms with E-state index < -0.39 is 0 Å². The van der Waals surface area contributed by atoms with E-state index in [1.807, 2.05) is 48.5 Å². The number of aromatic nitrogens is 2. The van der Waals surface area contributed by atoms with Gasteiger partial charge in [-0.25, -0.2) is 4.98 Å². The van der Waals surface area contributed by atoms with Gasteiger partial charge in [0.15, 0.2) is 0 Å². The molecule has 1 amide bonds. The number of nitrogens with one attached hydrogen (secondary N) is 2. The van der Waals surface area contributed by atoms with Gasteiger partial charge in [0.05, 0.1) is 18.1 Å². The lowest BCUT2D eigenvalue weighted by Crippen LogP contribution is -2.27. The molecule has 1 aromatic heterocycles. The fourth-order valence-corrected chi connectivity index (χ4v) is 3.26. The second-order valence-electron chi connectivity index (χ2n) is 6.46. The largest absolute Gasteiger partial charge is 0.497 e. The second-order valence-corrected chi connectivity index (χ2v) is 6.46. The number of carbonyl (C=O) groups is 1. The van der Waals surface area contributed by atoms with Crippen LogP contribution in [0.3, 0.4) is 0 Å². The van der Waals surface area contributed by atoms with Crippen molar-refractivity contribution >= 4 is 16.9 Å². The van der Waals surface area contributed by atoms with Crippen LogP contribution in [0.15, 0.2) is 48.5 Å². The highest BCUT2D eigenvalue weighted by atomic mass is 16.5. The molecule has 1 aliphatic rings. The number of methoxy groups -OCH3 is 1. The van der Waals surface area contributed by atoms with Crippen molar-refractivity contribution in [1.82, 2.24) is 15.3 Å². The first-order valence-electron chi connectivity index (χ1n) is 8.60. The molecule has 2 unspecified atom stereocenters. The number of rotatable bonds is 6. The summed E-state index contributed by atoms with van der Waals surface area (Å²) < 4.78 is 5.17. The van der Waals surface area contributed by atoms with Gasteiger partial charge >= 0.3 is 0 Å². The van der Waals surface area contributed by atoms with Gasteiger partial charge < -0.3 is 15.0 Å². The number of fused-ring (bicyclic) bond motifs is 1. The Hall–Kier alpha value is -2.82. The summed E-state index contributed by atoms with van der Waals surface area (Å²) in [5.41, 5.74) is 3.20. The maximum absolute atomic E-state index is 12.3. The zero-order valence-electron chi connectivity index (χ0n) is 14.2. The average molecular weight is 335 g/mol. The Kier molecular flexibility index (Phi) is 4.14. The first kappa shape index (κ1) is 15.7. The van der Waals surface area contributed by atoms with Crippen LogP contribution in [0.2, 0.25) is 0 Å². The number of H-pyrrole nitrogens is 1. The van der Waals surface area contributed by atoms with Crippen LogP contribution in [0.4, 0.5) is 0 Å². The topological polar surface area (TPSA) is 67.0 Å². The number of benzene rings is 2. The lowest BCUT2D eigenvalue weighted by molar-refractivity contribution is -0.122. The number of carbonyl (C=O) groups excluding carboxylic acids is 1. The van der Waals surface area contributed by atoms with E-state index in [9.17, 15) is 4.79 Å². The summed E-state index contributed by atoms with van der Waals surface area (Å²) >= 11 is 0. The number of para-hydroxylation sites is 2. The predicted molar refractivity (Wildman–Crippen MR) is 96.6 cm³/mol. The van der Waals surface area contributed by atoms with Crippen molar-refractivity contribution in [2.24, 2.45) is 5.92 Å². The van der Waals surface area contributed by atoms with Crippen LogP contribution in [-0.2, 0) is 11.2 Å². The molecule has 128 valence electrons. The molecule has 2 atom stereocenters. The molecule has 1 saturated carbocycles. The molecular weight excluding hydrogens is 314 g/mol. The molecule has 5 nitrogen and oxygen atoms in total. The van der Waals surface area contributed by atoms with Crippen molar-refractivity contribution < 1.29 is 9.53 Å². The summed E-state index contributed by atoms with van der Waals surface area (Å²) in [5.74, 6) is 2.30. The Labute approximate surface area is 146 Å². The number of hydrogen-bond acceptors (Lipinski definition) is 3. The average Bonchev–Trinajstić information content (AvgIpc) is 3.34. The third-order valence-corrected chi connectivity index (χ3v) is 4.77. The molecule has 1 aliphatic carbocycles. The maximum atomic E-state index is 12.3. The normalized spacial score (nSPS) is 18.9. The monoisotopic (exact) mass is 335 g/mol. The minimum atomic E-state index is 0.0871. The quantitative estimate of drug-likeness (QED) is 0.727. The molecular formula is C20H21N3O2. The fourth-order valence-electron chi connectivity index (χ4n) is 3.26. The van der Waals surface area contributed by atoms with Crippen molar-refractivity contribution in [3.8, 4) is 5.75 Å². The van der Waals surface area contributed by atoms with Crippen molar-refractivity contribution in [2.45, 2.75) is 18.8 Å². The van der Waals surface area contributed by atoms with Crippen LogP contribution in [0.5, 0.6) is 5.75 Å². The van der Waals surface area contributed by atoms with Crippen LogP contribution in [-0.4, -0.2) is 29.5 Å². The van der Waals surface area contributed by atoms with Gasteiger partial charge in [0, 0.05) is 18.9 Å². The molecule has 4 rings (SSSR count). The Balaban J connectivity index is 1.28. The molecule has 0 aliphatic heterocycles. The standard InChI is InChI=1S/C20H21N3O2/c1-25-14-8-6-13(7-9-14)15-12-16(15)20(24)21-11-10-19-22-17-4-2-3-5-18(17)23-19/h2-9,15-16H,10-12H2,1H3,(H,21,24)(H,22,23). The van der Waals surface area contributed by atoms with Crippen LogP contribution in [0, 0.1) is 5.92 Å². The first-order valence-corrected chi connectivity index (χ1v) is 8.60. The molecule has 5 heteroatoms. The summed E-state index contributed by atoms with van der Waals surface area (Å²) in [6.45, 7) is 0.602. The van der Waals surface area contributed by atoms with Gasteiger partial charge in [-0.3, -0.25) is 4.79 Å². The van der Waals surface area contributed by atoms with Gasteiger partial charge in [0.25, 0.3) is 0 Å². The number of nitrogens with zero attached hydrogens (tertiary/aromatic N) is 1. The lowest BCUT2D eigenvalue weighted by Gasteiger charge is -2.05. The third-order valence-electron chi connectivity index (χ3n) is 4.77. The summed E-state index contributed by atoms with van der Waals surface area (Å²) in [7, 11) is 1.66. The van der Waals surface area contributed by atoms with Gasteiger partial charge in [-0.2, -0.15) is 0 Å². The van der Waals surface area contributed by atoms with Crippen LogP contribution in [0.1, 0.15) is 23.7 Å². The van der Waals surface area contributed by atoms with Gasteiger partial charge in [-0.15, -0.1) is 0 Å². The Bertz CT molecular complexity index is 852. The zero-order valence-corrected chi connectivity index (χ0v) is 14.2. The first-order chi connectivity index (χ1) is 12.2. The molecule has 2 N–H and O–H groups in total. The Morgan fingerprint density at radius 3 is 2.80 bits per heavy atom. The molecule has 2 aromatic carbocycles. The van der Waals surface area contributed by atoms with E-state index in [0.717, 1.165) is 29.0 Å². The van der Waals surface area contributed by atoms with Crippen molar-refractivity contribution in [3.05, 3.63) is 59.9 Å².